The molecular formula is C17H36N2. The van der Waals surface area contributed by atoms with Crippen LogP contribution in [0.25, 0.3) is 0 Å². The van der Waals surface area contributed by atoms with Crippen LogP contribution in [-0.2, 0) is 0 Å². The third-order valence-electron chi connectivity index (χ3n) is 4.88. The van der Waals surface area contributed by atoms with Gasteiger partial charge >= 0.3 is 0 Å². The van der Waals surface area contributed by atoms with Gasteiger partial charge < -0.3 is 10.6 Å². The fourth-order valence-electron chi connectivity index (χ4n) is 3.54. The summed E-state index contributed by atoms with van der Waals surface area (Å²) < 4.78 is 0. The first-order chi connectivity index (χ1) is 8.93. The summed E-state index contributed by atoms with van der Waals surface area (Å²) >= 11 is 0. The fourth-order valence-corrected chi connectivity index (χ4v) is 3.54. The molecular weight excluding hydrogens is 232 g/mol. The van der Waals surface area contributed by atoms with E-state index in [1.165, 1.54) is 58.0 Å². The predicted molar refractivity (Wildman–Crippen MR) is 85.3 cm³/mol. The molecule has 1 aliphatic rings. The van der Waals surface area contributed by atoms with Crippen LogP contribution < -0.4 is 5.73 Å². The number of nitrogens with two attached hydrogens (primary N) is 1. The quantitative estimate of drug-likeness (QED) is 0.723. The van der Waals surface area contributed by atoms with Gasteiger partial charge in [0.2, 0.25) is 0 Å². The van der Waals surface area contributed by atoms with Crippen LogP contribution in [0.5, 0.6) is 0 Å². The van der Waals surface area contributed by atoms with Crippen molar-refractivity contribution >= 4 is 0 Å². The highest BCUT2D eigenvalue weighted by molar-refractivity contribution is 4.75. The Hall–Kier alpha value is -0.0800. The smallest absolute Gasteiger partial charge is 0.000661 e. The average Bonchev–Trinajstić information content (AvgIpc) is 2.79. The first kappa shape index (κ1) is 17.0. The number of hydrogen-bond donors (Lipinski definition) is 1. The van der Waals surface area contributed by atoms with Gasteiger partial charge in [-0.3, -0.25) is 0 Å². The summed E-state index contributed by atoms with van der Waals surface area (Å²) in [6.07, 6.45) is 9.67. The molecule has 0 spiro atoms. The van der Waals surface area contributed by atoms with Crippen molar-refractivity contribution in [1.82, 2.24) is 4.90 Å². The van der Waals surface area contributed by atoms with Gasteiger partial charge in [-0.15, -0.1) is 0 Å². The van der Waals surface area contributed by atoms with Crippen molar-refractivity contribution < 1.29 is 0 Å². The Labute approximate surface area is 121 Å². The van der Waals surface area contributed by atoms with Crippen LogP contribution in [0, 0.1) is 17.3 Å². The molecule has 1 fully saturated rings. The van der Waals surface area contributed by atoms with Gasteiger partial charge in [0, 0.05) is 6.54 Å². The van der Waals surface area contributed by atoms with Crippen LogP contribution in [0.4, 0.5) is 0 Å². The lowest BCUT2D eigenvalue weighted by molar-refractivity contribution is 0.195. The van der Waals surface area contributed by atoms with Crippen LogP contribution in [0.1, 0.15) is 65.7 Å². The normalized spacial score (nSPS) is 19.3. The lowest BCUT2D eigenvalue weighted by atomic mass is 9.76. The predicted octanol–water partition coefficient (Wildman–Crippen LogP) is 3.90. The molecule has 0 heterocycles. The second-order valence-corrected chi connectivity index (χ2v) is 7.70. The fraction of sp³-hybridized carbons (Fsp3) is 1.00. The first-order valence-electron chi connectivity index (χ1n) is 8.32. The highest BCUT2D eigenvalue weighted by atomic mass is 15.1. The molecule has 1 saturated carbocycles. The molecule has 0 amide bonds. The molecule has 0 aliphatic heterocycles. The summed E-state index contributed by atoms with van der Waals surface area (Å²) in [6.45, 7) is 10.5. The number of nitrogens with zero attached hydrogens (tertiary/aromatic N) is 1. The largest absolute Gasteiger partial charge is 0.330 e. The third kappa shape index (κ3) is 6.76. The summed E-state index contributed by atoms with van der Waals surface area (Å²) in [7, 11) is 2.30. The first-order valence-corrected chi connectivity index (χ1v) is 8.32. The second-order valence-electron chi connectivity index (χ2n) is 7.70. The minimum atomic E-state index is 0.406. The van der Waals surface area contributed by atoms with E-state index in [2.05, 4.69) is 32.7 Å². The van der Waals surface area contributed by atoms with E-state index < -0.39 is 0 Å². The minimum absolute atomic E-state index is 0.406. The Balaban J connectivity index is 2.19. The zero-order chi connectivity index (χ0) is 14.3. The summed E-state index contributed by atoms with van der Waals surface area (Å²) in [5, 5.41) is 0. The second kappa shape index (κ2) is 8.26. The van der Waals surface area contributed by atoms with Crippen molar-refractivity contribution in [2.45, 2.75) is 65.7 Å². The SMILES string of the molecule is CN(CCCC(CCN)C(C)(C)C)CC1CCCC1. The van der Waals surface area contributed by atoms with Crippen LogP contribution >= 0.6 is 0 Å². The summed E-state index contributed by atoms with van der Waals surface area (Å²) in [6, 6.07) is 0. The topological polar surface area (TPSA) is 29.3 Å². The van der Waals surface area contributed by atoms with Gasteiger partial charge in [-0.1, -0.05) is 33.6 Å². The van der Waals surface area contributed by atoms with Crippen LogP contribution in [-0.4, -0.2) is 31.6 Å². The maximum absolute atomic E-state index is 5.76. The minimum Gasteiger partial charge on any atom is -0.330 e. The molecule has 1 unspecified atom stereocenters. The Kier molecular flexibility index (Phi) is 7.38. The Morgan fingerprint density at radius 3 is 2.32 bits per heavy atom. The molecule has 2 heteroatoms. The molecule has 2 N–H and O–H groups in total. The van der Waals surface area contributed by atoms with E-state index in [1.54, 1.807) is 0 Å². The van der Waals surface area contributed by atoms with E-state index >= 15 is 0 Å². The highest BCUT2D eigenvalue weighted by Crippen LogP contribution is 2.32. The van der Waals surface area contributed by atoms with Gasteiger partial charge in [0.05, 0.1) is 0 Å². The van der Waals surface area contributed by atoms with E-state index in [1.807, 2.05) is 0 Å². The van der Waals surface area contributed by atoms with Crippen LogP contribution in [0.15, 0.2) is 0 Å². The molecule has 2 nitrogen and oxygen atoms in total. The molecule has 1 rings (SSSR count). The molecule has 0 aromatic carbocycles. The zero-order valence-electron chi connectivity index (χ0n) is 13.8. The Morgan fingerprint density at radius 2 is 1.79 bits per heavy atom. The van der Waals surface area contributed by atoms with Crippen molar-refractivity contribution in [3.05, 3.63) is 0 Å². The standard InChI is InChI=1S/C17H36N2/c1-17(2,3)16(11-12-18)10-7-13-19(4)14-15-8-5-6-9-15/h15-16H,5-14,18H2,1-4H3. The Morgan fingerprint density at radius 1 is 1.16 bits per heavy atom. The lowest BCUT2D eigenvalue weighted by Gasteiger charge is -2.31. The molecule has 19 heavy (non-hydrogen) atoms. The molecule has 0 saturated heterocycles. The van der Waals surface area contributed by atoms with Crippen LogP contribution in [0.2, 0.25) is 0 Å². The van der Waals surface area contributed by atoms with E-state index in [0.29, 0.717) is 5.41 Å². The molecule has 0 radical (unpaired) electrons. The summed E-state index contributed by atoms with van der Waals surface area (Å²) in [4.78, 5) is 2.55. The molecule has 0 aromatic rings. The molecule has 1 aliphatic carbocycles. The van der Waals surface area contributed by atoms with Gasteiger partial charge in [-0.05, 0) is 69.5 Å². The molecule has 0 bridgehead atoms. The van der Waals surface area contributed by atoms with Gasteiger partial charge in [0.15, 0.2) is 0 Å². The Bertz CT molecular complexity index is 226. The van der Waals surface area contributed by atoms with Gasteiger partial charge in [0.25, 0.3) is 0 Å². The van der Waals surface area contributed by atoms with Crippen molar-refractivity contribution in [3.8, 4) is 0 Å². The average molecular weight is 268 g/mol. The monoisotopic (exact) mass is 268 g/mol. The lowest BCUT2D eigenvalue weighted by Crippen LogP contribution is -2.28. The molecule has 1 atom stereocenters. The number of hydrogen-bond acceptors (Lipinski definition) is 2. The zero-order valence-corrected chi connectivity index (χ0v) is 13.8. The summed E-state index contributed by atoms with van der Waals surface area (Å²) in [5.74, 6) is 1.75. The molecule has 114 valence electrons. The van der Waals surface area contributed by atoms with Crippen molar-refractivity contribution in [2.75, 3.05) is 26.7 Å². The van der Waals surface area contributed by atoms with E-state index in [0.717, 1.165) is 18.4 Å². The van der Waals surface area contributed by atoms with Crippen LogP contribution in [0.3, 0.4) is 0 Å². The summed E-state index contributed by atoms with van der Waals surface area (Å²) in [5.41, 5.74) is 6.16. The van der Waals surface area contributed by atoms with Gasteiger partial charge in [-0.25, -0.2) is 0 Å². The molecule has 0 aromatic heterocycles. The van der Waals surface area contributed by atoms with E-state index in [4.69, 9.17) is 5.73 Å². The third-order valence-corrected chi connectivity index (χ3v) is 4.88. The van der Waals surface area contributed by atoms with Gasteiger partial charge in [-0.2, -0.15) is 0 Å². The highest BCUT2D eigenvalue weighted by Gasteiger charge is 2.23. The van der Waals surface area contributed by atoms with Crippen molar-refractivity contribution in [3.63, 3.8) is 0 Å². The van der Waals surface area contributed by atoms with E-state index in [9.17, 15) is 0 Å². The van der Waals surface area contributed by atoms with Crippen molar-refractivity contribution in [1.29, 1.82) is 0 Å². The van der Waals surface area contributed by atoms with Crippen molar-refractivity contribution in [2.24, 2.45) is 23.0 Å². The van der Waals surface area contributed by atoms with E-state index in [-0.39, 0.29) is 0 Å². The van der Waals surface area contributed by atoms with Gasteiger partial charge in [0.1, 0.15) is 0 Å². The maximum atomic E-state index is 5.76. The number of rotatable bonds is 8. The maximum Gasteiger partial charge on any atom is 0.000661 e.